The molecule has 0 radical (unpaired) electrons. The molecule has 1 aromatic rings. The number of nitrogens with zero attached hydrogens (tertiary/aromatic N) is 2. The highest BCUT2D eigenvalue weighted by Crippen LogP contribution is 2.26. The van der Waals surface area contributed by atoms with Crippen LogP contribution in [0.1, 0.15) is 25.7 Å². The number of unbranched alkanes of at least 4 members (excludes halogenated alkanes) is 1. The topological polar surface area (TPSA) is 55.3 Å². The number of aliphatic imine (C=N–C) groups is 1. The summed E-state index contributed by atoms with van der Waals surface area (Å²) in [5.74, 6) is 2.23. The molecule has 6 nitrogen and oxygen atoms in total. The highest BCUT2D eigenvalue weighted by molar-refractivity contribution is 14.0. The third kappa shape index (κ3) is 10.7. The molecule has 1 aromatic carbocycles. The largest absolute Gasteiger partial charge is 0.493 e. The summed E-state index contributed by atoms with van der Waals surface area (Å²) in [6.45, 7) is 5.62. The zero-order valence-electron chi connectivity index (χ0n) is 17.9. The van der Waals surface area contributed by atoms with E-state index in [0.717, 1.165) is 63.6 Å². The van der Waals surface area contributed by atoms with E-state index in [1.165, 1.54) is 0 Å². The van der Waals surface area contributed by atoms with Gasteiger partial charge in [0.1, 0.15) is 5.75 Å². The maximum Gasteiger partial charge on any atom is 0.193 e. The molecule has 1 saturated heterocycles. The lowest BCUT2D eigenvalue weighted by molar-refractivity contribution is 0.0689. The minimum atomic E-state index is 0. The van der Waals surface area contributed by atoms with Gasteiger partial charge in [0.05, 0.1) is 19.8 Å². The summed E-state index contributed by atoms with van der Waals surface area (Å²) in [5, 5.41) is 4.65. The Morgan fingerprint density at radius 3 is 2.43 bits per heavy atom. The van der Waals surface area contributed by atoms with Crippen molar-refractivity contribution in [2.75, 3.05) is 60.2 Å². The van der Waals surface area contributed by atoms with Crippen LogP contribution in [0.2, 0.25) is 10.0 Å². The van der Waals surface area contributed by atoms with E-state index in [0.29, 0.717) is 35.8 Å². The average Bonchev–Trinajstić information content (AvgIpc) is 2.71. The number of hydrogen-bond acceptors (Lipinski definition) is 4. The molecule has 0 aromatic heterocycles. The van der Waals surface area contributed by atoms with Crippen molar-refractivity contribution in [2.45, 2.75) is 25.7 Å². The number of nitrogens with one attached hydrogen (secondary N) is 1. The Kier molecular flexibility index (Phi) is 14.9. The molecule has 1 fully saturated rings. The van der Waals surface area contributed by atoms with Crippen molar-refractivity contribution in [1.29, 1.82) is 0 Å². The second-order valence-corrected chi connectivity index (χ2v) is 8.01. The van der Waals surface area contributed by atoms with E-state index in [1.54, 1.807) is 25.3 Å². The highest BCUT2D eigenvalue weighted by Gasteiger charge is 2.22. The lowest BCUT2D eigenvalue weighted by Crippen LogP contribution is -2.46. The molecule has 1 heterocycles. The van der Waals surface area contributed by atoms with Crippen molar-refractivity contribution < 1.29 is 14.2 Å². The third-order valence-electron chi connectivity index (χ3n) is 4.88. The van der Waals surface area contributed by atoms with Crippen molar-refractivity contribution in [3.05, 3.63) is 28.2 Å². The van der Waals surface area contributed by atoms with Crippen LogP contribution in [0.5, 0.6) is 5.75 Å². The Bertz CT molecular complexity index is 609. The van der Waals surface area contributed by atoms with Gasteiger partial charge in [0.2, 0.25) is 0 Å². The molecule has 0 saturated carbocycles. The van der Waals surface area contributed by atoms with Gasteiger partial charge in [0, 0.05) is 50.4 Å². The van der Waals surface area contributed by atoms with Crippen LogP contribution >= 0.6 is 47.2 Å². The van der Waals surface area contributed by atoms with Gasteiger partial charge in [-0.2, -0.15) is 0 Å². The number of halogens is 3. The van der Waals surface area contributed by atoms with Crippen LogP contribution in [-0.2, 0) is 9.47 Å². The zero-order valence-corrected chi connectivity index (χ0v) is 21.7. The summed E-state index contributed by atoms with van der Waals surface area (Å²) in [7, 11) is 3.53. The van der Waals surface area contributed by atoms with Crippen LogP contribution in [0.4, 0.5) is 0 Å². The van der Waals surface area contributed by atoms with Gasteiger partial charge in [-0.15, -0.1) is 24.0 Å². The first-order valence-electron chi connectivity index (χ1n) is 10.2. The summed E-state index contributed by atoms with van der Waals surface area (Å²) in [5.41, 5.74) is 0. The molecule has 0 bridgehead atoms. The minimum absolute atomic E-state index is 0. The Morgan fingerprint density at radius 2 is 1.80 bits per heavy atom. The van der Waals surface area contributed by atoms with Crippen molar-refractivity contribution in [3.63, 3.8) is 0 Å². The molecule has 0 amide bonds. The van der Waals surface area contributed by atoms with E-state index in [4.69, 9.17) is 37.4 Å². The smallest absolute Gasteiger partial charge is 0.193 e. The van der Waals surface area contributed by atoms with E-state index in [1.807, 2.05) is 7.05 Å². The number of methoxy groups -OCH3 is 1. The summed E-state index contributed by atoms with van der Waals surface area (Å²) in [6.07, 6.45) is 4.23. The van der Waals surface area contributed by atoms with E-state index in [-0.39, 0.29) is 24.0 Å². The van der Waals surface area contributed by atoms with Gasteiger partial charge in [-0.1, -0.05) is 23.2 Å². The van der Waals surface area contributed by atoms with E-state index in [2.05, 4.69) is 15.2 Å². The fourth-order valence-electron chi connectivity index (χ4n) is 3.24. The summed E-state index contributed by atoms with van der Waals surface area (Å²) in [6, 6.07) is 5.31. The fourth-order valence-corrected chi connectivity index (χ4v) is 3.75. The van der Waals surface area contributed by atoms with Crippen molar-refractivity contribution in [3.8, 4) is 5.75 Å². The van der Waals surface area contributed by atoms with Crippen LogP contribution in [0.3, 0.4) is 0 Å². The summed E-state index contributed by atoms with van der Waals surface area (Å²) >= 11 is 12.1. The molecule has 1 aliphatic heterocycles. The molecular weight excluding hydrogens is 540 g/mol. The third-order valence-corrected chi connectivity index (χ3v) is 5.31. The Morgan fingerprint density at radius 1 is 1.10 bits per heavy atom. The van der Waals surface area contributed by atoms with E-state index < -0.39 is 0 Å². The monoisotopic (exact) mass is 573 g/mol. The molecule has 0 atom stereocenters. The number of guanidine groups is 1. The number of benzene rings is 1. The number of ether oxygens (including phenoxy) is 3. The van der Waals surface area contributed by atoms with Crippen LogP contribution in [0.15, 0.2) is 23.2 Å². The van der Waals surface area contributed by atoms with Gasteiger partial charge in [0.25, 0.3) is 0 Å². The molecule has 2 rings (SSSR count). The first-order chi connectivity index (χ1) is 14.1. The van der Waals surface area contributed by atoms with Gasteiger partial charge < -0.3 is 24.4 Å². The minimum Gasteiger partial charge on any atom is -0.493 e. The molecule has 1 N–H and O–H groups in total. The SMILES string of the molecule is CN=C(NCCCCOCCOC)N1CCC(COc2cc(Cl)cc(Cl)c2)CC1.I. The van der Waals surface area contributed by atoms with E-state index in [9.17, 15) is 0 Å². The number of likely N-dealkylation sites (tertiary alicyclic amines) is 1. The molecule has 0 spiro atoms. The predicted molar refractivity (Wildman–Crippen MR) is 135 cm³/mol. The predicted octanol–water partition coefficient (Wildman–Crippen LogP) is 4.72. The van der Waals surface area contributed by atoms with Crippen molar-refractivity contribution in [2.24, 2.45) is 10.9 Å². The molecule has 30 heavy (non-hydrogen) atoms. The number of hydrogen-bond donors (Lipinski definition) is 1. The first-order valence-corrected chi connectivity index (χ1v) is 11.0. The van der Waals surface area contributed by atoms with Crippen LogP contribution in [0, 0.1) is 5.92 Å². The second kappa shape index (κ2) is 16.2. The van der Waals surface area contributed by atoms with Crippen molar-refractivity contribution >= 4 is 53.1 Å². The standard InChI is InChI=1S/C21H33Cl2N3O3.HI/c1-24-21(25-7-3-4-10-28-12-11-27-2)26-8-5-17(6-9-26)16-29-20-14-18(22)13-19(23)15-20;/h13-15,17H,3-12,16H2,1-2H3,(H,24,25);1H. The lowest BCUT2D eigenvalue weighted by Gasteiger charge is -2.34. The number of rotatable bonds is 11. The Balaban J connectivity index is 0.00000450. The first kappa shape index (κ1) is 27.6. The summed E-state index contributed by atoms with van der Waals surface area (Å²) in [4.78, 5) is 6.75. The molecule has 1 aliphatic rings. The maximum absolute atomic E-state index is 6.03. The van der Waals surface area contributed by atoms with Gasteiger partial charge >= 0.3 is 0 Å². The highest BCUT2D eigenvalue weighted by atomic mass is 127. The fraction of sp³-hybridized carbons (Fsp3) is 0.667. The normalized spacial score (nSPS) is 15.1. The molecule has 9 heteroatoms. The van der Waals surface area contributed by atoms with Gasteiger partial charge in [-0.05, 0) is 49.8 Å². The van der Waals surface area contributed by atoms with Crippen molar-refractivity contribution in [1.82, 2.24) is 10.2 Å². The second-order valence-electron chi connectivity index (χ2n) is 7.13. The molecule has 0 unspecified atom stereocenters. The molecule has 0 aliphatic carbocycles. The summed E-state index contributed by atoms with van der Waals surface area (Å²) < 4.78 is 16.3. The average molecular weight is 574 g/mol. The molecule has 172 valence electrons. The Labute approximate surface area is 207 Å². The lowest BCUT2D eigenvalue weighted by atomic mass is 9.98. The zero-order chi connectivity index (χ0) is 20.9. The Hall–Kier alpha value is -0.480. The van der Waals surface area contributed by atoms with Crippen LogP contribution in [-0.4, -0.2) is 71.1 Å². The van der Waals surface area contributed by atoms with Gasteiger partial charge in [0.15, 0.2) is 5.96 Å². The van der Waals surface area contributed by atoms with Crippen LogP contribution in [0.25, 0.3) is 0 Å². The maximum atomic E-state index is 6.03. The molecular formula is C21H34Cl2IN3O3. The van der Waals surface area contributed by atoms with Gasteiger partial charge in [-0.25, -0.2) is 0 Å². The number of piperidine rings is 1. The van der Waals surface area contributed by atoms with E-state index >= 15 is 0 Å². The van der Waals surface area contributed by atoms with Gasteiger partial charge in [-0.3, -0.25) is 4.99 Å². The quantitative estimate of drug-likeness (QED) is 0.180. The van der Waals surface area contributed by atoms with Crippen LogP contribution < -0.4 is 10.1 Å².